The SMILES string of the molecule is CC(C)(C)NCc1cc(N2CCOCC2)ccn1. The molecule has 0 saturated carbocycles. The van der Waals surface area contributed by atoms with Crippen molar-refractivity contribution in [3.05, 3.63) is 24.0 Å². The molecule has 0 unspecified atom stereocenters. The van der Waals surface area contributed by atoms with Gasteiger partial charge in [0, 0.05) is 37.1 Å². The standard InChI is InChI=1S/C14H23N3O/c1-14(2,3)16-11-12-10-13(4-5-15-12)17-6-8-18-9-7-17/h4-5,10,16H,6-9,11H2,1-3H3. The van der Waals surface area contributed by atoms with Gasteiger partial charge in [0.05, 0.1) is 18.9 Å². The van der Waals surface area contributed by atoms with Gasteiger partial charge in [-0.3, -0.25) is 4.98 Å². The summed E-state index contributed by atoms with van der Waals surface area (Å²) in [5.74, 6) is 0. The van der Waals surface area contributed by atoms with Crippen molar-refractivity contribution >= 4 is 5.69 Å². The molecule has 0 amide bonds. The molecule has 4 nitrogen and oxygen atoms in total. The maximum absolute atomic E-state index is 5.37. The Morgan fingerprint density at radius 3 is 2.72 bits per heavy atom. The highest BCUT2D eigenvalue weighted by molar-refractivity contribution is 5.46. The molecule has 1 aliphatic heterocycles. The third kappa shape index (κ3) is 3.96. The molecule has 2 heterocycles. The lowest BCUT2D eigenvalue weighted by Crippen LogP contribution is -2.37. The van der Waals surface area contributed by atoms with Crippen LogP contribution in [-0.2, 0) is 11.3 Å². The van der Waals surface area contributed by atoms with Gasteiger partial charge in [-0.2, -0.15) is 0 Å². The second-order valence-corrected chi connectivity index (χ2v) is 5.71. The second kappa shape index (κ2) is 5.67. The zero-order chi connectivity index (χ0) is 13.0. The Morgan fingerprint density at radius 2 is 2.06 bits per heavy atom. The first-order valence-corrected chi connectivity index (χ1v) is 6.57. The molecule has 4 heteroatoms. The highest BCUT2D eigenvalue weighted by Crippen LogP contribution is 2.16. The molecular weight excluding hydrogens is 226 g/mol. The highest BCUT2D eigenvalue weighted by Gasteiger charge is 2.13. The molecule has 0 spiro atoms. The van der Waals surface area contributed by atoms with Crippen molar-refractivity contribution in [3.8, 4) is 0 Å². The van der Waals surface area contributed by atoms with Gasteiger partial charge in [-0.1, -0.05) is 0 Å². The number of aromatic nitrogens is 1. The van der Waals surface area contributed by atoms with Gasteiger partial charge in [-0.15, -0.1) is 0 Å². The zero-order valence-corrected chi connectivity index (χ0v) is 11.6. The number of nitrogens with zero attached hydrogens (tertiary/aromatic N) is 2. The summed E-state index contributed by atoms with van der Waals surface area (Å²) in [6.07, 6.45) is 1.89. The minimum absolute atomic E-state index is 0.122. The van der Waals surface area contributed by atoms with Crippen molar-refractivity contribution in [2.45, 2.75) is 32.9 Å². The van der Waals surface area contributed by atoms with Crippen LogP contribution in [0.15, 0.2) is 18.3 Å². The van der Waals surface area contributed by atoms with E-state index < -0.39 is 0 Å². The largest absolute Gasteiger partial charge is 0.378 e. The van der Waals surface area contributed by atoms with Crippen LogP contribution < -0.4 is 10.2 Å². The number of anilines is 1. The summed E-state index contributed by atoms with van der Waals surface area (Å²) in [4.78, 5) is 6.77. The van der Waals surface area contributed by atoms with Crippen molar-refractivity contribution in [1.82, 2.24) is 10.3 Å². The van der Waals surface area contributed by atoms with Crippen LogP contribution in [0.25, 0.3) is 0 Å². The summed E-state index contributed by atoms with van der Waals surface area (Å²) in [6.45, 7) is 10.9. The molecular formula is C14H23N3O. The molecule has 1 saturated heterocycles. The molecule has 2 rings (SSSR count). The van der Waals surface area contributed by atoms with Crippen LogP contribution in [0, 0.1) is 0 Å². The van der Waals surface area contributed by atoms with Crippen molar-refractivity contribution in [2.75, 3.05) is 31.2 Å². The molecule has 0 radical (unpaired) electrons. The van der Waals surface area contributed by atoms with Gasteiger partial charge in [0.2, 0.25) is 0 Å². The van der Waals surface area contributed by atoms with E-state index in [0.717, 1.165) is 38.5 Å². The van der Waals surface area contributed by atoms with E-state index >= 15 is 0 Å². The molecule has 1 aliphatic rings. The number of morpholine rings is 1. The van der Waals surface area contributed by atoms with Crippen LogP contribution in [0.2, 0.25) is 0 Å². The Kier molecular flexibility index (Phi) is 4.19. The summed E-state index contributed by atoms with van der Waals surface area (Å²) < 4.78 is 5.37. The summed E-state index contributed by atoms with van der Waals surface area (Å²) in [5.41, 5.74) is 2.46. The van der Waals surface area contributed by atoms with Crippen LogP contribution in [0.4, 0.5) is 5.69 Å². The van der Waals surface area contributed by atoms with Crippen LogP contribution in [0.3, 0.4) is 0 Å². The Balaban J connectivity index is 2.00. The zero-order valence-electron chi connectivity index (χ0n) is 11.6. The fourth-order valence-corrected chi connectivity index (χ4v) is 1.94. The van der Waals surface area contributed by atoms with Crippen molar-refractivity contribution in [2.24, 2.45) is 0 Å². The van der Waals surface area contributed by atoms with Gasteiger partial charge in [0.15, 0.2) is 0 Å². The minimum Gasteiger partial charge on any atom is -0.378 e. The first kappa shape index (κ1) is 13.3. The quantitative estimate of drug-likeness (QED) is 0.886. The lowest BCUT2D eigenvalue weighted by molar-refractivity contribution is 0.122. The molecule has 0 atom stereocenters. The number of rotatable bonds is 3. The number of hydrogen-bond acceptors (Lipinski definition) is 4. The Labute approximate surface area is 109 Å². The number of hydrogen-bond donors (Lipinski definition) is 1. The lowest BCUT2D eigenvalue weighted by atomic mass is 10.1. The van der Waals surface area contributed by atoms with Crippen LogP contribution in [0.1, 0.15) is 26.5 Å². The van der Waals surface area contributed by atoms with Crippen LogP contribution in [0.5, 0.6) is 0 Å². The molecule has 100 valence electrons. The summed E-state index contributed by atoms with van der Waals surface area (Å²) in [5, 5.41) is 3.46. The van der Waals surface area contributed by atoms with Gasteiger partial charge >= 0.3 is 0 Å². The molecule has 18 heavy (non-hydrogen) atoms. The van der Waals surface area contributed by atoms with E-state index in [0.29, 0.717) is 0 Å². The fraction of sp³-hybridized carbons (Fsp3) is 0.643. The van der Waals surface area contributed by atoms with Gasteiger partial charge in [0.1, 0.15) is 0 Å². The van der Waals surface area contributed by atoms with Crippen molar-refractivity contribution in [1.29, 1.82) is 0 Å². The Hall–Kier alpha value is -1.13. The minimum atomic E-state index is 0.122. The average molecular weight is 249 g/mol. The summed E-state index contributed by atoms with van der Waals surface area (Å²) in [7, 11) is 0. The first-order valence-electron chi connectivity index (χ1n) is 6.57. The van der Waals surface area contributed by atoms with E-state index in [9.17, 15) is 0 Å². The van der Waals surface area contributed by atoms with Gasteiger partial charge < -0.3 is 15.0 Å². The van der Waals surface area contributed by atoms with E-state index in [1.165, 1.54) is 5.69 Å². The van der Waals surface area contributed by atoms with Crippen molar-refractivity contribution < 1.29 is 4.74 Å². The van der Waals surface area contributed by atoms with Gasteiger partial charge in [-0.05, 0) is 32.9 Å². The maximum atomic E-state index is 5.37. The Morgan fingerprint density at radius 1 is 1.33 bits per heavy atom. The molecule has 1 aromatic rings. The smallest absolute Gasteiger partial charge is 0.0642 e. The Bertz CT molecular complexity index is 381. The maximum Gasteiger partial charge on any atom is 0.0642 e. The molecule has 1 aromatic heterocycles. The van der Waals surface area contributed by atoms with Crippen molar-refractivity contribution in [3.63, 3.8) is 0 Å². The highest BCUT2D eigenvalue weighted by atomic mass is 16.5. The molecule has 0 aromatic carbocycles. The fourth-order valence-electron chi connectivity index (χ4n) is 1.94. The summed E-state index contributed by atoms with van der Waals surface area (Å²) >= 11 is 0. The molecule has 0 aliphatic carbocycles. The predicted octanol–water partition coefficient (Wildman–Crippen LogP) is 1.81. The van der Waals surface area contributed by atoms with Gasteiger partial charge in [-0.25, -0.2) is 0 Å². The molecule has 1 fully saturated rings. The average Bonchev–Trinajstić information content (AvgIpc) is 2.37. The third-order valence-electron chi connectivity index (χ3n) is 2.98. The lowest BCUT2D eigenvalue weighted by Gasteiger charge is -2.29. The van der Waals surface area contributed by atoms with Crippen LogP contribution in [-0.4, -0.2) is 36.8 Å². The van der Waals surface area contributed by atoms with E-state index in [4.69, 9.17) is 4.74 Å². The third-order valence-corrected chi connectivity index (χ3v) is 2.98. The van der Waals surface area contributed by atoms with Crippen LogP contribution >= 0.6 is 0 Å². The number of nitrogens with one attached hydrogen (secondary N) is 1. The molecule has 1 N–H and O–H groups in total. The first-order chi connectivity index (χ1) is 8.54. The molecule has 0 bridgehead atoms. The monoisotopic (exact) mass is 249 g/mol. The van der Waals surface area contributed by atoms with Gasteiger partial charge in [0.25, 0.3) is 0 Å². The van der Waals surface area contributed by atoms with E-state index in [2.05, 4.69) is 48.1 Å². The normalized spacial score (nSPS) is 16.9. The van der Waals surface area contributed by atoms with E-state index in [1.54, 1.807) is 0 Å². The number of ether oxygens (including phenoxy) is 1. The number of pyridine rings is 1. The topological polar surface area (TPSA) is 37.4 Å². The predicted molar refractivity (Wildman–Crippen MR) is 73.9 cm³/mol. The van der Waals surface area contributed by atoms with E-state index in [1.807, 2.05) is 6.20 Å². The summed E-state index contributed by atoms with van der Waals surface area (Å²) in [6, 6.07) is 4.25. The second-order valence-electron chi connectivity index (χ2n) is 5.71. The van der Waals surface area contributed by atoms with E-state index in [-0.39, 0.29) is 5.54 Å².